The van der Waals surface area contributed by atoms with Gasteiger partial charge in [-0.3, -0.25) is 0 Å². The number of phenols is 1. The van der Waals surface area contributed by atoms with Gasteiger partial charge < -0.3 is 5.11 Å². The lowest BCUT2D eigenvalue weighted by Crippen LogP contribution is -1.95. The van der Waals surface area contributed by atoms with Gasteiger partial charge in [-0.25, -0.2) is 22.0 Å². The monoisotopic (exact) mass is 260 g/mol. The van der Waals surface area contributed by atoms with Crippen LogP contribution in [0.5, 0.6) is 5.75 Å². The molecule has 94 valence electrons. The average molecular weight is 260 g/mol. The molecule has 2 aromatic carbocycles. The second-order valence-corrected chi connectivity index (χ2v) is 3.54. The van der Waals surface area contributed by atoms with E-state index in [0.717, 1.165) is 0 Å². The first-order valence-electron chi connectivity index (χ1n) is 4.73. The van der Waals surface area contributed by atoms with Crippen LogP contribution < -0.4 is 0 Å². The molecule has 18 heavy (non-hydrogen) atoms. The van der Waals surface area contributed by atoms with E-state index in [-0.39, 0.29) is 0 Å². The zero-order chi connectivity index (χ0) is 13.4. The molecule has 1 nitrogen and oxygen atoms in total. The smallest absolute Gasteiger partial charge is 0.194 e. The van der Waals surface area contributed by atoms with Gasteiger partial charge in [-0.1, -0.05) is 0 Å². The number of halogens is 5. The Morgan fingerprint density at radius 3 is 1.56 bits per heavy atom. The molecule has 1 N–H and O–H groups in total. The molecular weight excluding hydrogens is 255 g/mol. The van der Waals surface area contributed by atoms with E-state index in [4.69, 9.17) is 5.11 Å². The third kappa shape index (κ3) is 2.01. The lowest BCUT2D eigenvalue weighted by Gasteiger charge is -2.07. The van der Waals surface area contributed by atoms with Crippen molar-refractivity contribution in [3.63, 3.8) is 0 Å². The quantitative estimate of drug-likeness (QED) is 0.611. The highest BCUT2D eigenvalue weighted by molar-refractivity contribution is 5.66. The second kappa shape index (κ2) is 4.29. The van der Waals surface area contributed by atoms with E-state index in [1.54, 1.807) is 0 Å². The molecule has 0 aromatic heterocycles. The van der Waals surface area contributed by atoms with Crippen molar-refractivity contribution in [2.75, 3.05) is 0 Å². The molecule has 0 saturated carbocycles. The maximum atomic E-state index is 13.4. The molecule has 0 aliphatic heterocycles. The fourth-order valence-corrected chi connectivity index (χ4v) is 1.54. The maximum absolute atomic E-state index is 13.4. The summed E-state index contributed by atoms with van der Waals surface area (Å²) in [7, 11) is 0. The molecule has 0 aliphatic rings. The normalized spacial score (nSPS) is 10.7. The highest BCUT2D eigenvalue weighted by atomic mass is 19.2. The van der Waals surface area contributed by atoms with Crippen molar-refractivity contribution >= 4 is 0 Å². The molecule has 0 heterocycles. The minimum atomic E-state index is -1.72. The summed E-state index contributed by atoms with van der Waals surface area (Å²) in [6.07, 6.45) is 0. The Balaban J connectivity index is 2.70. The summed E-state index contributed by atoms with van der Waals surface area (Å²) < 4.78 is 65.5. The van der Waals surface area contributed by atoms with Crippen LogP contribution in [0.15, 0.2) is 24.3 Å². The standard InChI is InChI=1S/C12H5F5O/c13-7-3-6(18)4-8(14)11(7)5-1-9(15)12(17)10(16)2-5/h1-4,18H. The van der Waals surface area contributed by atoms with Crippen molar-refractivity contribution in [3.8, 4) is 16.9 Å². The van der Waals surface area contributed by atoms with E-state index >= 15 is 0 Å². The van der Waals surface area contributed by atoms with Crippen molar-refractivity contribution < 1.29 is 27.1 Å². The fraction of sp³-hybridized carbons (Fsp3) is 0. The van der Waals surface area contributed by atoms with Crippen LogP contribution in [0.25, 0.3) is 11.1 Å². The summed E-state index contributed by atoms with van der Waals surface area (Å²) >= 11 is 0. The van der Waals surface area contributed by atoms with Gasteiger partial charge in [0.2, 0.25) is 0 Å². The van der Waals surface area contributed by atoms with Crippen molar-refractivity contribution in [2.24, 2.45) is 0 Å². The summed E-state index contributed by atoms with van der Waals surface area (Å²) in [6.45, 7) is 0. The van der Waals surface area contributed by atoms with Crippen LogP contribution in [0, 0.1) is 29.1 Å². The third-order valence-corrected chi connectivity index (χ3v) is 2.30. The van der Waals surface area contributed by atoms with E-state index < -0.39 is 46.0 Å². The number of rotatable bonds is 1. The van der Waals surface area contributed by atoms with Crippen molar-refractivity contribution in [2.45, 2.75) is 0 Å². The fourth-order valence-electron chi connectivity index (χ4n) is 1.54. The van der Waals surface area contributed by atoms with E-state index in [0.29, 0.717) is 24.3 Å². The molecule has 0 fully saturated rings. The molecule has 0 amide bonds. The molecule has 2 aromatic rings. The Morgan fingerprint density at radius 2 is 1.11 bits per heavy atom. The molecule has 2 rings (SSSR count). The highest BCUT2D eigenvalue weighted by Crippen LogP contribution is 2.31. The van der Waals surface area contributed by atoms with E-state index in [1.165, 1.54) is 0 Å². The zero-order valence-electron chi connectivity index (χ0n) is 8.65. The van der Waals surface area contributed by atoms with Gasteiger partial charge in [0.1, 0.15) is 17.4 Å². The van der Waals surface area contributed by atoms with Crippen molar-refractivity contribution in [1.29, 1.82) is 0 Å². The van der Waals surface area contributed by atoms with Crippen LogP contribution in [0.1, 0.15) is 0 Å². The number of phenolic OH excluding ortho intramolecular Hbond substituents is 1. The molecule has 0 bridgehead atoms. The van der Waals surface area contributed by atoms with Crippen LogP contribution in [-0.2, 0) is 0 Å². The molecule has 0 atom stereocenters. The van der Waals surface area contributed by atoms with Crippen LogP contribution in [0.3, 0.4) is 0 Å². The van der Waals surface area contributed by atoms with Crippen molar-refractivity contribution in [3.05, 3.63) is 53.4 Å². The van der Waals surface area contributed by atoms with E-state index in [9.17, 15) is 22.0 Å². The first kappa shape index (κ1) is 12.3. The first-order chi connectivity index (χ1) is 8.40. The van der Waals surface area contributed by atoms with Gasteiger partial charge in [0.05, 0.1) is 5.56 Å². The number of hydrogen-bond donors (Lipinski definition) is 1. The van der Waals surface area contributed by atoms with Gasteiger partial charge in [0.15, 0.2) is 17.5 Å². The van der Waals surface area contributed by atoms with Crippen molar-refractivity contribution in [1.82, 2.24) is 0 Å². The Kier molecular flexibility index (Phi) is 2.94. The predicted octanol–water partition coefficient (Wildman–Crippen LogP) is 3.75. The summed E-state index contributed by atoms with van der Waals surface area (Å²) in [5.74, 6) is -7.93. The van der Waals surface area contributed by atoms with E-state index in [2.05, 4.69) is 0 Å². The second-order valence-electron chi connectivity index (χ2n) is 3.54. The molecular formula is C12H5F5O. The van der Waals surface area contributed by atoms with Gasteiger partial charge in [-0.2, -0.15) is 0 Å². The summed E-state index contributed by atoms with van der Waals surface area (Å²) in [5, 5.41) is 8.93. The van der Waals surface area contributed by atoms with Gasteiger partial charge in [-0.05, 0) is 17.7 Å². The Morgan fingerprint density at radius 1 is 0.667 bits per heavy atom. The SMILES string of the molecule is Oc1cc(F)c(-c2cc(F)c(F)c(F)c2)c(F)c1. The van der Waals surface area contributed by atoms with Crippen LogP contribution in [0.4, 0.5) is 22.0 Å². The van der Waals surface area contributed by atoms with Crippen LogP contribution >= 0.6 is 0 Å². The molecule has 0 saturated heterocycles. The molecule has 0 spiro atoms. The number of aromatic hydroxyl groups is 1. The Bertz CT molecular complexity index is 578. The van der Waals surface area contributed by atoms with Gasteiger partial charge in [0.25, 0.3) is 0 Å². The largest absolute Gasteiger partial charge is 0.508 e. The topological polar surface area (TPSA) is 20.2 Å². The molecule has 6 heteroatoms. The zero-order valence-corrected chi connectivity index (χ0v) is 8.65. The minimum absolute atomic E-state index is 0.469. The lowest BCUT2D eigenvalue weighted by atomic mass is 10.0. The Labute approximate surface area is 98.1 Å². The number of benzene rings is 2. The molecule has 0 aliphatic carbocycles. The first-order valence-corrected chi connectivity index (χ1v) is 4.73. The summed E-state index contributed by atoms with van der Waals surface area (Å²) in [5.41, 5.74) is -1.24. The Hall–Kier alpha value is -2.11. The van der Waals surface area contributed by atoms with Gasteiger partial charge in [-0.15, -0.1) is 0 Å². The third-order valence-electron chi connectivity index (χ3n) is 2.30. The van der Waals surface area contributed by atoms with E-state index in [1.807, 2.05) is 0 Å². The predicted molar refractivity (Wildman–Crippen MR) is 53.3 cm³/mol. The summed E-state index contributed by atoms with van der Waals surface area (Å²) in [4.78, 5) is 0. The van der Waals surface area contributed by atoms with Gasteiger partial charge >= 0.3 is 0 Å². The lowest BCUT2D eigenvalue weighted by molar-refractivity contribution is 0.447. The molecule has 0 unspecified atom stereocenters. The summed E-state index contributed by atoms with van der Waals surface area (Å²) in [6, 6.07) is 2.10. The van der Waals surface area contributed by atoms with Crippen LogP contribution in [0.2, 0.25) is 0 Å². The number of hydrogen-bond acceptors (Lipinski definition) is 1. The molecule has 0 radical (unpaired) electrons. The minimum Gasteiger partial charge on any atom is -0.508 e. The average Bonchev–Trinajstić information content (AvgIpc) is 2.24. The van der Waals surface area contributed by atoms with Crippen LogP contribution in [-0.4, -0.2) is 5.11 Å². The van der Waals surface area contributed by atoms with Gasteiger partial charge in [0, 0.05) is 12.1 Å². The maximum Gasteiger partial charge on any atom is 0.194 e. The highest BCUT2D eigenvalue weighted by Gasteiger charge is 2.18.